The summed E-state index contributed by atoms with van der Waals surface area (Å²) in [5.74, 6) is -0.156. The minimum atomic E-state index is -0.730. The van der Waals surface area contributed by atoms with Crippen LogP contribution in [0.1, 0.15) is 37.7 Å². The van der Waals surface area contributed by atoms with Crippen LogP contribution >= 0.6 is 0 Å². The number of rotatable bonds is 7. The molecule has 2 amide bonds. The highest BCUT2D eigenvalue weighted by molar-refractivity contribution is 5.74. The minimum absolute atomic E-state index is 0.0735. The number of aryl methyl sites for hydroxylation is 1. The first-order valence-corrected chi connectivity index (χ1v) is 8.51. The van der Waals surface area contributed by atoms with Gasteiger partial charge in [-0.2, -0.15) is 0 Å². The fraction of sp³-hybridized carbons (Fsp3) is 0.556. The monoisotopic (exact) mass is 334 g/mol. The van der Waals surface area contributed by atoms with E-state index in [0.29, 0.717) is 26.0 Å². The summed E-state index contributed by atoms with van der Waals surface area (Å²) in [6.07, 6.45) is 3.43. The van der Waals surface area contributed by atoms with E-state index in [4.69, 9.17) is 9.84 Å². The Labute approximate surface area is 142 Å². The SMILES string of the molecule is Cc1ccc(OCCCNC(=O)NC2CCC(C(=O)O)CC2)cc1. The second-order valence-corrected chi connectivity index (χ2v) is 6.30. The number of carboxylic acid groups (broad SMARTS) is 1. The normalized spacial score (nSPS) is 20.2. The van der Waals surface area contributed by atoms with Crippen molar-refractivity contribution in [1.29, 1.82) is 0 Å². The first-order chi connectivity index (χ1) is 11.5. The Balaban J connectivity index is 1.54. The van der Waals surface area contributed by atoms with Gasteiger partial charge in [0.25, 0.3) is 0 Å². The molecule has 6 nitrogen and oxygen atoms in total. The molecule has 0 heterocycles. The molecule has 1 aliphatic rings. The molecule has 0 unspecified atom stereocenters. The summed E-state index contributed by atoms with van der Waals surface area (Å²) in [4.78, 5) is 22.7. The molecule has 1 aromatic carbocycles. The van der Waals surface area contributed by atoms with Crippen LogP contribution in [0, 0.1) is 12.8 Å². The molecule has 1 aromatic rings. The van der Waals surface area contributed by atoms with Crippen LogP contribution in [0.15, 0.2) is 24.3 Å². The molecule has 0 aliphatic heterocycles. The van der Waals surface area contributed by atoms with Gasteiger partial charge in [-0.05, 0) is 51.2 Å². The number of aliphatic carboxylic acids is 1. The van der Waals surface area contributed by atoms with Crippen molar-refractivity contribution in [3.63, 3.8) is 0 Å². The van der Waals surface area contributed by atoms with Crippen LogP contribution in [-0.4, -0.2) is 36.3 Å². The van der Waals surface area contributed by atoms with E-state index < -0.39 is 5.97 Å². The van der Waals surface area contributed by atoms with E-state index >= 15 is 0 Å². The van der Waals surface area contributed by atoms with Crippen LogP contribution in [0.2, 0.25) is 0 Å². The molecule has 2 rings (SSSR count). The molecular weight excluding hydrogens is 308 g/mol. The van der Waals surface area contributed by atoms with E-state index in [2.05, 4.69) is 10.6 Å². The van der Waals surface area contributed by atoms with Crippen LogP contribution in [0.25, 0.3) is 0 Å². The Bertz CT molecular complexity index is 536. The molecule has 0 saturated heterocycles. The van der Waals surface area contributed by atoms with Gasteiger partial charge in [0.05, 0.1) is 12.5 Å². The fourth-order valence-electron chi connectivity index (χ4n) is 2.82. The lowest BCUT2D eigenvalue weighted by Gasteiger charge is -2.26. The average Bonchev–Trinajstić information content (AvgIpc) is 2.56. The molecule has 0 spiro atoms. The number of amides is 2. The number of nitrogens with one attached hydrogen (secondary N) is 2. The van der Waals surface area contributed by atoms with Crippen molar-refractivity contribution in [3.05, 3.63) is 29.8 Å². The summed E-state index contributed by atoms with van der Waals surface area (Å²) in [6, 6.07) is 7.75. The summed E-state index contributed by atoms with van der Waals surface area (Å²) in [6.45, 7) is 3.12. The molecular formula is C18H26N2O4. The van der Waals surface area contributed by atoms with Gasteiger partial charge in [0.15, 0.2) is 0 Å². The lowest BCUT2D eigenvalue weighted by atomic mass is 9.86. The topological polar surface area (TPSA) is 87.7 Å². The maximum Gasteiger partial charge on any atom is 0.315 e. The van der Waals surface area contributed by atoms with Crippen molar-refractivity contribution in [1.82, 2.24) is 10.6 Å². The molecule has 1 saturated carbocycles. The van der Waals surface area contributed by atoms with E-state index in [0.717, 1.165) is 25.0 Å². The number of hydrogen-bond donors (Lipinski definition) is 3. The van der Waals surface area contributed by atoms with Gasteiger partial charge in [-0.15, -0.1) is 0 Å². The maximum atomic E-state index is 11.8. The van der Waals surface area contributed by atoms with Gasteiger partial charge in [0.2, 0.25) is 0 Å². The van der Waals surface area contributed by atoms with Gasteiger partial charge < -0.3 is 20.5 Å². The van der Waals surface area contributed by atoms with Crippen LogP contribution in [-0.2, 0) is 4.79 Å². The van der Waals surface area contributed by atoms with E-state index in [-0.39, 0.29) is 18.0 Å². The lowest BCUT2D eigenvalue weighted by molar-refractivity contribution is -0.142. The average molecular weight is 334 g/mol. The highest BCUT2D eigenvalue weighted by Crippen LogP contribution is 2.24. The number of carbonyl (C=O) groups excluding carboxylic acids is 1. The molecule has 0 atom stereocenters. The Kier molecular flexibility index (Phi) is 6.90. The fourth-order valence-corrected chi connectivity index (χ4v) is 2.82. The zero-order chi connectivity index (χ0) is 17.4. The molecule has 1 aliphatic carbocycles. The van der Waals surface area contributed by atoms with Crippen molar-refractivity contribution in [3.8, 4) is 5.75 Å². The number of hydrogen-bond acceptors (Lipinski definition) is 3. The first kappa shape index (κ1) is 18.1. The van der Waals surface area contributed by atoms with Crippen molar-refractivity contribution < 1.29 is 19.4 Å². The quantitative estimate of drug-likeness (QED) is 0.669. The standard InChI is InChI=1S/C18H26N2O4/c1-13-3-9-16(10-4-13)24-12-2-11-19-18(23)20-15-7-5-14(6-8-15)17(21)22/h3-4,9-10,14-15H,2,5-8,11-12H2,1H3,(H,21,22)(H2,19,20,23). The minimum Gasteiger partial charge on any atom is -0.494 e. The third kappa shape index (κ3) is 6.10. The number of ether oxygens (including phenoxy) is 1. The van der Waals surface area contributed by atoms with E-state index in [9.17, 15) is 9.59 Å². The molecule has 132 valence electrons. The largest absolute Gasteiger partial charge is 0.494 e. The molecule has 0 radical (unpaired) electrons. The number of carbonyl (C=O) groups is 2. The molecule has 24 heavy (non-hydrogen) atoms. The Morgan fingerprint density at radius 1 is 1.17 bits per heavy atom. The van der Waals surface area contributed by atoms with Gasteiger partial charge in [0.1, 0.15) is 5.75 Å². The lowest BCUT2D eigenvalue weighted by Crippen LogP contribution is -2.44. The zero-order valence-corrected chi connectivity index (χ0v) is 14.1. The Morgan fingerprint density at radius 3 is 2.46 bits per heavy atom. The van der Waals surface area contributed by atoms with Crippen LogP contribution in [0.4, 0.5) is 4.79 Å². The van der Waals surface area contributed by atoms with E-state index in [1.54, 1.807) is 0 Å². The molecule has 6 heteroatoms. The van der Waals surface area contributed by atoms with Crippen molar-refractivity contribution in [2.45, 2.75) is 45.1 Å². The maximum absolute atomic E-state index is 11.8. The Hall–Kier alpha value is -2.24. The van der Waals surface area contributed by atoms with Gasteiger partial charge in [-0.25, -0.2) is 4.79 Å². The van der Waals surface area contributed by atoms with Crippen LogP contribution in [0.5, 0.6) is 5.75 Å². The highest BCUT2D eigenvalue weighted by Gasteiger charge is 2.26. The highest BCUT2D eigenvalue weighted by atomic mass is 16.5. The summed E-state index contributed by atoms with van der Waals surface area (Å²) >= 11 is 0. The van der Waals surface area contributed by atoms with Gasteiger partial charge >= 0.3 is 12.0 Å². The predicted octanol–water partition coefficient (Wildman–Crippen LogP) is 2.71. The van der Waals surface area contributed by atoms with Crippen molar-refractivity contribution >= 4 is 12.0 Å². The second-order valence-electron chi connectivity index (χ2n) is 6.30. The number of carboxylic acids is 1. The van der Waals surface area contributed by atoms with Gasteiger partial charge in [-0.3, -0.25) is 4.79 Å². The van der Waals surface area contributed by atoms with E-state index in [1.807, 2.05) is 31.2 Å². The molecule has 0 bridgehead atoms. The molecule has 1 fully saturated rings. The van der Waals surface area contributed by atoms with Gasteiger partial charge in [-0.1, -0.05) is 17.7 Å². The van der Waals surface area contributed by atoms with Crippen molar-refractivity contribution in [2.75, 3.05) is 13.2 Å². The number of urea groups is 1. The van der Waals surface area contributed by atoms with Gasteiger partial charge in [0, 0.05) is 12.6 Å². The first-order valence-electron chi connectivity index (χ1n) is 8.51. The predicted molar refractivity (Wildman–Crippen MR) is 91.2 cm³/mol. The summed E-state index contributed by atoms with van der Waals surface area (Å²) in [5.41, 5.74) is 1.19. The zero-order valence-electron chi connectivity index (χ0n) is 14.1. The van der Waals surface area contributed by atoms with Crippen LogP contribution in [0.3, 0.4) is 0 Å². The third-order valence-electron chi connectivity index (χ3n) is 4.31. The molecule has 3 N–H and O–H groups in total. The van der Waals surface area contributed by atoms with Crippen molar-refractivity contribution in [2.24, 2.45) is 5.92 Å². The van der Waals surface area contributed by atoms with E-state index in [1.165, 1.54) is 5.56 Å². The Morgan fingerprint density at radius 2 is 1.83 bits per heavy atom. The number of benzene rings is 1. The molecule has 0 aromatic heterocycles. The third-order valence-corrected chi connectivity index (χ3v) is 4.31. The summed E-state index contributed by atoms with van der Waals surface area (Å²) < 4.78 is 5.60. The summed E-state index contributed by atoms with van der Waals surface area (Å²) in [5, 5.41) is 14.7. The smallest absolute Gasteiger partial charge is 0.315 e. The van der Waals surface area contributed by atoms with Crippen LogP contribution < -0.4 is 15.4 Å². The second kappa shape index (κ2) is 9.15. The summed E-state index contributed by atoms with van der Waals surface area (Å²) in [7, 11) is 0.